The standard InChI is InChI=1S/C22H20F3N3O4/c23-22(24,25)15-10-12(26-21(31)18-6-3-9-32-18)7-8-17(15)28-20(30)14-11-19(29)27-16-5-2-1-4-13(14)16/h1-2,4-5,7-8,10,14,18H,3,6,9,11H2,(H,26,31)(H,27,29)(H,28,30). The van der Waals surface area contributed by atoms with E-state index in [1.807, 2.05) is 0 Å². The lowest BCUT2D eigenvalue weighted by molar-refractivity contribution is -0.137. The molecule has 168 valence electrons. The molecule has 0 bridgehead atoms. The first-order valence-electron chi connectivity index (χ1n) is 10.1. The van der Waals surface area contributed by atoms with Crippen LogP contribution < -0.4 is 16.0 Å². The quantitative estimate of drug-likeness (QED) is 0.663. The third-order valence-corrected chi connectivity index (χ3v) is 5.39. The van der Waals surface area contributed by atoms with E-state index in [9.17, 15) is 27.6 Å². The molecule has 2 aromatic carbocycles. The number of carbonyl (C=O) groups excluding carboxylic acids is 3. The van der Waals surface area contributed by atoms with Gasteiger partial charge in [-0.3, -0.25) is 14.4 Å². The summed E-state index contributed by atoms with van der Waals surface area (Å²) in [5, 5.41) is 7.38. The van der Waals surface area contributed by atoms with Crippen LogP contribution in [0.2, 0.25) is 0 Å². The molecule has 0 saturated carbocycles. The smallest absolute Gasteiger partial charge is 0.368 e. The summed E-state index contributed by atoms with van der Waals surface area (Å²) in [5.41, 5.74) is -0.644. The minimum absolute atomic E-state index is 0.0572. The van der Waals surface area contributed by atoms with Crippen LogP contribution in [0.5, 0.6) is 0 Å². The monoisotopic (exact) mass is 447 g/mol. The van der Waals surface area contributed by atoms with Gasteiger partial charge in [0.1, 0.15) is 6.10 Å². The maximum atomic E-state index is 13.7. The Morgan fingerprint density at radius 2 is 1.84 bits per heavy atom. The highest BCUT2D eigenvalue weighted by atomic mass is 19.4. The van der Waals surface area contributed by atoms with Crippen molar-refractivity contribution in [3.63, 3.8) is 0 Å². The fourth-order valence-electron chi connectivity index (χ4n) is 3.84. The van der Waals surface area contributed by atoms with Crippen molar-refractivity contribution in [3.8, 4) is 0 Å². The van der Waals surface area contributed by atoms with E-state index in [1.165, 1.54) is 6.07 Å². The molecule has 2 heterocycles. The van der Waals surface area contributed by atoms with Crippen LogP contribution in [0, 0.1) is 0 Å². The van der Waals surface area contributed by atoms with E-state index in [4.69, 9.17) is 4.74 Å². The lowest BCUT2D eigenvalue weighted by Gasteiger charge is -2.25. The Kier molecular flexibility index (Phi) is 5.88. The molecule has 32 heavy (non-hydrogen) atoms. The fourth-order valence-corrected chi connectivity index (χ4v) is 3.84. The van der Waals surface area contributed by atoms with E-state index in [1.54, 1.807) is 24.3 Å². The number of alkyl halides is 3. The first kappa shape index (κ1) is 21.8. The molecule has 2 aromatic rings. The van der Waals surface area contributed by atoms with Gasteiger partial charge < -0.3 is 20.7 Å². The Morgan fingerprint density at radius 1 is 1.06 bits per heavy atom. The molecule has 1 saturated heterocycles. The van der Waals surface area contributed by atoms with Crippen LogP contribution >= 0.6 is 0 Å². The number of anilines is 3. The molecule has 2 atom stereocenters. The minimum Gasteiger partial charge on any atom is -0.368 e. The zero-order valence-corrected chi connectivity index (χ0v) is 16.8. The topological polar surface area (TPSA) is 96.5 Å². The second-order valence-electron chi connectivity index (χ2n) is 7.63. The van der Waals surface area contributed by atoms with Crippen molar-refractivity contribution in [3.05, 3.63) is 53.6 Å². The second-order valence-corrected chi connectivity index (χ2v) is 7.63. The zero-order chi connectivity index (χ0) is 22.9. The van der Waals surface area contributed by atoms with Crippen molar-refractivity contribution in [2.24, 2.45) is 0 Å². The summed E-state index contributed by atoms with van der Waals surface area (Å²) in [6, 6.07) is 9.77. The van der Waals surface area contributed by atoms with Gasteiger partial charge in [0, 0.05) is 24.4 Å². The van der Waals surface area contributed by atoms with Gasteiger partial charge in [0.25, 0.3) is 5.91 Å². The van der Waals surface area contributed by atoms with Gasteiger partial charge in [0.05, 0.1) is 17.2 Å². The largest absolute Gasteiger partial charge is 0.418 e. The van der Waals surface area contributed by atoms with E-state index in [0.717, 1.165) is 12.1 Å². The summed E-state index contributed by atoms with van der Waals surface area (Å²) >= 11 is 0. The normalized spacial score (nSPS) is 20.3. The van der Waals surface area contributed by atoms with Crippen molar-refractivity contribution in [2.75, 3.05) is 22.6 Å². The van der Waals surface area contributed by atoms with Gasteiger partial charge in [-0.05, 0) is 42.7 Å². The van der Waals surface area contributed by atoms with Gasteiger partial charge in [-0.15, -0.1) is 0 Å². The molecule has 10 heteroatoms. The SMILES string of the molecule is O=C1CC(C(=O)Nc2ccc(NC(=O)C3CCCO3)cc2C(F)(F)F)c2ccccc2N1. The Bertz CT molecular complexity index is 1060. The van der Waals surface area contributed by atoms with Crippen LogP contribution in [0.1, 0.15) is 36.3 Å². The number of nitrogens with one attached hydrogen (secondary N) is 3. The lowest BCUT2D eigenvalue weighted by Crippen LogP contribution is -2.31. The van der Waals surface area contributed by atoms with Crippen LogP contribution in [-0.2, 0) is 25.3 Å². The predicted octanol–water partition coefficient (Wildman–Crippen LogP) is 3.89. The van der Waals surface area contributed by atoms with E-state index in [0.29, 0.717) is 30.7 Å². The van der Waals surface area contributed by atoms with Crippen molar-refractivity contribution in [1.82, 2.24) is 0 Å². The van der Waals surface area contributed by atoms with Crippen molar-refractivity contribution in [2.45, 2.75) is 37.5 Å². The Balaban J connectivity index is 1.57. The van der Waals surface area contributed by atoms with Gasteiger partial charge in [-0.1, -0.05) is 18.2 Å². The summed E-state index contributed by atoms with van der Waals surface area (Å²) < 4.78 is 46.4. The summed E-state index contributed by atoms with van der Waals surface area (Å²) in [6.45, 7) is 0.430. The molecular formula is C22H20F3N3O4. The molecule has 0 aliphatic carbocycles. The number of benzene rings is 2. The Hall–Kier alpha value is -3.40. The second kappa shape index (κ2) is 8.62. The third-order valence-electron chi connectivity index (χ3n) is 5.39. The summed E-state index contributed by atoms with van der Waals surface area (Å²) in [7, 11) is 0. The zero-order valence-electron chi connectivity index (χ0n) is 16.8. The average molecular weight is 447 g/mol. The maximum absolute atomic E-state index is 13.7. The van der Waals surface area contributed by atoms with Crippen LogP contribution in [0.15, 0.2) is 42.5 Å². The highest BCUT2D eigenvalue weighted by molar-refractivity contribution is 6.05. The molecule has 7 nitrogen and oxygen atoms in total. The molecule has 3 N–H and O–H groups in total. The maximum Gasteiger partial charge on any atom is 0.418 e. The summed E-state index contributed by atoms with van der Waals surface area (Å²) in [4.78, 5) is 37.0. The van der Waals surface area contributed by atoms with Gasteiger partial charge in [0.2, 0.25) is 11.8 Å². The number of rotatable bonds is 4. The van der Waals surface area contributed by atoms with Crippen LogP contribution in [-0.4, -0.2) is 30.4 Å². The number of ether oxygens (including phenoxy) is 1. The average Bonchev–Trinajstić information content (AvgIpc) is 3.28. The molecule has 0 aromatic heterocycles. The fraction of sp³-hybridized carbons (Fsp3) is 0.318. The number of carbonyl (C=O) groups is 3. The van der Waals surface area contributed by atoms with Crippen LogP contribution in [0.3, 0.4) is 0 Å². The number of para-hydroxylation sites is 1. The van der Waals surface area contributed by atoms with Gasteiger partial charge >= 0.3 is 6.18 Å². The van der Waals surface area contributed by atoms with Crippen LogP contribution in [0.4, 0.5) is 30.2 Å². The van der Waals surface area contributed by atoms with Crippen LogP contribution in [0.25, 0.3) is 0 Å². The van der Waals surface area contributed by atoms with Crippen molar-refractivity contribution in [1.29, 1.82) is 0 Å². The van der Waals surface area contributed by atoms with Crippen molar-refractivity contribution < 1.29 is 32.3 Å². The molecule has 2 unspecified atom stereocenters. The molecule has 1 fully saturated rings. The molecule has 3 amide bonds. The number of amides is 3. The highest BCUT2D eigenvalue weighted by Crippen LogP contribution is 2.38. The first-order valence-corrected chi connectivity index (χ1v) is 10.1. The van der Waals surface area contributed by atoms with Gasteiger partial charge in [-0.25, -0.2) is 0 Å². The predicted molar refractivity (Wildman–Crippen MR) is 110 cm³/mol. The Morgan fingerprint density at radius 3 is 2.56 bits per heavy atom. The third kappa shape index (κ3) is 4.59. The minimum atomic E-state index is -4.78. The molecule has 0 spiro atoms. The van der Waals surface area contributed by atoms with Gasteiger partial charge in [0.15, 0.2) is 0 Å². The molecular weight excluding hydrogens is 427 g/mol. The van der Waals surface area contributed by atoms with E-state index >= 15 is 0 Å². The van der Waals surface area contributed by atoms with Crippen molar-refractivity contribution >= 4 is 34.8 Å². The van der Waals surface area contributed by atoms with E-state index in [-0.39, 0.29) is 12.1 Å². The molecule has 0 radical (unpaired) electrons. The summed E-state index contributed by atoms with van der Waals surface area (Å²) in [6.07, 6.45) is -4.45. The highest BCUT2D eigenvalue weighted by Gasteiger charge is 2.36. The number of hydrogen-bond acceptors (Lipinski definition) is 4. The lowest BCUT2D eigenvalue weighted by atomic mass is 9.89. The molecule has 2 aliphatic rings. The number of hydrogen-bond donors (Lipinski definition) is 3. The van der Waals surface area contributed by atoms with E-state index in [2.05, 4.69) is 16.0 Å². The molecule has 4 rings (SSSR count). The van der Waals surface area contributed by atoms with Gasteiger partial charge in [-0.2, -0.15) is 13.2 Å². The Labute approximate surface area is 181 Å². The number of halogens is 3. The van der Waals surface area contributed by atoms with E-state index < -0.39 is 47.2 Å². The summed E-state index contributed by atoms with van der Waals surface area (Å²) in [5.74, 6) is -2.57. The first-order chi connectivity index (χ1) is 15.2. The molecule has 2 aliphatic heterocycles. The number of fused-ring (bicyclic) bond motifs is 1.